The van der Waals surface area contributed by atoms with Gasteiger partial charge >= 0.3 is 0 Å². The number of aromatic nitrogens is 4. The molecule has 7 heteroatoms. The van der Waals surface area contributed by atoms with Gasteiger partial charge in [-0.3, -0.25) is 4.79 Å². The number of aryl methyl sites for hydroxylation is 2. The second-order valence-electron chi connectivity index (χ2n) is 8.02. The van der Waals surface area contributed by atoms with E-state index in [0.29, 0.717) is 23.4 Å². The van der Waals surface area contributed by atoms with Crippen LogP contribution >= 0.6 is 11.8 Å². The molecule has 1 amide bonds. The molecule has 1 aliphatic rings. The molecule has 0 unspecified atom stereocenters. The number of amides is 1. The largest absolute Gasteiger partial charge is 0.335 e. The number of carbonyl (C=O) groups excluding carboxylic acids is 1. The zero-order chi connectivity index (χ0) is 21.1. The van der Waals surface area contributed by atoms with Crippen LogP contribution < -0.4 is 0 Å². The van der Waals surface area contributed by atoms with E-state index in [2.05, 4.69) is 60.6 Å². The molecule has 0 radical (unpaired) electrons. The number of thioether (sulfide) groups is 1. The summed E-state index contributed by atoms with van der Waals surface area (Å²) in [6, 6.07) is 16.6. The maximum atomic E-state index is 13.2. The third-order valence-corrected chi connectivity index (χ3v) is 6.72. The summed E-state index contributed by atoms with van der Waals surface area (Å²) in [7, 11) is 0. The minimum absolute atomic E-state index is 0.123. The van der Waals surface area contributed by atoms with Crippen molar-refractivity contribution in [2.24, 2.45) is 5.92 Å². The number of nitrogens with zero attached hydrogens (tertiary/aromatic N) is 5. The average Bonchev–Trinajstić information content (AvgIpc) is 3.50. The normalized spacial score (nSPS) is 14.5. The van der Waals surface area contributed by atoms with Gasteiger partial charge in [0, 0.05) is 12.6 Å². The molecule has 1 aliphatic carbocycles. The van der Waals surface area contributed by atoms with E-state index in [-0.39, 0.29) is 11.9 Å². The van der Waals surface area contributed by atoms with Gasteiger partial charge in [-0.2, -0.15) is 4.68 Å². The van der Waals surface area contributed by atoms with Crippen molar-refractivity contribution in [3.63, 3.8) is 0 Å². The molecular weight excluding hydrogens is 394 g/mol. The number of rotatable bonds is 8. The lowest BCUT2D eigenvalue weighted by atomic mass is 10.1. The number of benzene rings is 2. The molecule has 6 nitrogen and oxygen atoms in total. The lowest BCUT2D eigenvalue weighted by molar-refractivity contribution is -0.131. The van der Waals surface area contributed by atoms with E-state index >= 15 is 0 Å². The van der Waals surface area contributed by atoms with Crippen LogP contribution in [0.2, 0.25) is 0 Å². The van der Waals surface area contributed by atoms with Gasteiger partial charge in [-0.05, 0) is 78.8 Å². The van der Waals surface area contributed by atoms with E-state index < -0.39 is 0 Å². The molecule has 2 aromatic carbocycles. The topological polar surface area (TPSA) is 63.9 Å². The van der Waals surface area contributed by atoms with E-state index in [9.17, 15) is 4.79 Å². The van der Waals surface area contributed by atoms with Gasteiger partial charge in [-0.15, -0.1) is 5.10 Å². The monoisotopic (exact) mass is 421 g/mol. The van der Waals surface area contributed by atoms with Crippen LogP contribution in [-0.4, -0.2) is 42.8 Å². The van der Waals surface area contributed by atoms with Gasteiger partial charge in [0.05, 0.1) is 11.4 Å². The Morgan fingerprint density at radius 3 is 2.63 bits per heavy atom. The molecule has 0 N–H and O–H groups in total. The van der Waals surface area contributed by atoms with Gasteiger partial charge in [0.25, 0.3) is 0 Å². The van der Waals surface area contributed by atoms with Gasteiger partial charge in [-0.1, -0.05) is 48.2 Å². The molecule has 0 spiro atoms. The zero-order valence-electron chi connectivity index (χ0n) is 17.7. The maximum Gasteiger partial charge on any atom is 0.233 e. The van der Waals surface area contributed by atoms with Crippen LogP contribution in [0.4, 0.5) is 0 Å². The summed E-state index contributed by atoms with van der Waals surface area (Å²) >= 11 is 1.39. The Morgan fingerprint density at radius 2 is 1.93 bits per heavy atom. The Kier molecular flexibility index (Phi) is 6.18. The Balaban J connectivity index is 1.47. The summed E-state index contributed by atoms with van der Waals surface area (Å²) in [5.41, 5.74) is 4.47. The highest BCUT2D eigenvalue weighted by Crippen LogP contribution is 2.36. The van der Waals surface area contributed by atoms with Gasteiger partial charge in [-0.25, -0.2) is 0 Å². The number of carbonyl (C=O) groups is 1. The molecule has 4 rings (SSSR count). The molecule has 1 aromatic heterocycles. The van der Waals surface area contributed by atoms with Crippen LogP contribution in [0.1, 0.15) is 36.5 Å². The van der Waals surface area contributed by atoms with Crippen molar-refractivity contribution in [1.82, 2.24) is 25.1 Å². The van der Waals surface area contributed by atoms with Crippen molar-refractivity contribution in [2.45, 2.75) is 51.4 Å². The fourth-order valence-corrected chi connectivity index (χ4v) is 4.35. The first-order valence-electron chi connectivity index (χ1n) is 10.3. The fourth-order valence-electron chi connectivity index (χ4n) is 3.57. The molecule has 0 aliphatic heterocycles. The lowest BCUT2D eigenvalue weighted by Crippen LogP contribution is -2.40. The molecule has 1 atom stereocenters. The van der Waals surface area contributed by atoms with Crippen LogP contribution in [0.25, 0.3) is 5.69 Å². The quantitative estimate of drug-likeness (QED) is 0.510. The highest BCUT2D eigenvalue weighted by molar-refractivity contribution is 7.99. The molecule has 0 bridgehead atoms. The molecule has 1 saturated carbocycles. The minimum Gasteiger partial charge on any atom is -0.335 e. The Bertz CT molecular complexity index is 1020. The predicted molar refractivity (Wildman–Crippen MR) is 119 cm³/mol. The van der Waals surface area contributed by atoms with Crippen LogP contribution in [-0.2, 0) is 11.3 Å². The Hall–Kier alpha value is -2.67. The number of hydrogen-bond acceptors (Lipinski definition) is 5. The maximum absolute atomic E-state index is 13.2. The highest BCUT2D eigenvalue weighted by atomic mass is 32.2. The van der Waals surface area contributed by atoms with E-state index in [1.165, 1.54) is 35.7 Å². The molecule has 1 heterocycles. The first-order valence-corrected chi connectivity index (χ1v) is 11.3. The van der Waals surface area contributed by atoms with Crippen molar-refractivity contribution in [3.05, 3.63) is 65.2 Å². The second-order valence-corrected chi connectivity index (χ2v) is 8.96. The van der Waals surface area contributed by atoms with Crippen molar-refractivity contribution in [1.29, 1.82) is 0 Å². The van der Waals surface area contributed by atoms with E-state index in [1.807, 2.05) is 29.2 Å². The third-order valence-electron chi connectivity index (χ3n) is 5.81. The molecular formula is C23H27N5OS. The van der Waals surface area contributed by atoms with Crippen LogP contribution in [0.5, 0.6) is 0 Å². The molecule has 1 fully saturated rings. The summed E-state index contributed by atoms with van der Waals surface area (Å²) in [5.74, 6) is 1.05. The average molecular weight is 422 g/mol. The predicted octanol–water partition coefficient (Wildman–Crippen LogP) is 4.20. The third kappa shape index (κ3) is 4.73. The fraction of sp³-hybridized carbons (Fsp3) is 0.391. The Labute approximate surface area is 181 Å². The van der Waals surface area contributed by atoms with Crippen molar-refractivity contribution >= 4 is 17.7 Å². The summed E-state index contributed by atoms with van der Waals surface area (Å²) in [4.78, 5) is 15.2. The zero-order valence-corrected chi connectivity index (χ0v) is 18.5. The van der Waals surface area contributed by atoms with Crippen molar-refractivity contribution in [2.75, 3.05) is 5.75 Å². The minimum atomic E-state index is 0.123. The molecule has 30 heavy (non-hydrogen) atoms. The van der Waals surface area contributed by atoms with Crippen molar-refractivity contribution < 1.29 is 4.79 Å². The second kappa shape index (κ2) is 9.00. The first-order chi connectivity index (χ1) is 14.5. The Morgan fingerprint density at radius 1 is 1.17 bits per heavy atom. The first kappa shape index (κ1) is 20.6. The smallest absolute Gasteiger partial charge is 0.233 e. The summed E-state index contributed by atoms with van der Waals surface area (Å²) in [6.45, 7) is 6.96. The van der Waals surface area contributed by atoms with Crippen LogP contribution in [0.3, 0.4) is 0 Å². The van der Waals surface area contributed by atoms with E-state index in [0.717, 1.165) is 11.3 Å². The van der Waals surface area contributed by atoms with Gasteiger partial charge in [0.2, 0.25) is 11.1 Å². The highest BCUT2D eigenvalue weighted by Gasteiger charge is 2.34. The SMILES string of the molecule is Cc1ccc(-n2nnnc2SCC(=O)N(Cc2ccccc2)[C@@H](C)C2CC2)cc1C. The number of hydrogen-bond donors (Lipinski definition) is 0. The van der Waals surface area contributed by atoms with Crippen LogP contribution in [0.15, 0.2) is 53.7 Å². The molecule has 3 aromatic rings. The summed E-state index contributed by atoms with van der Waals surface area (Å²) in [5, 5.41) is 12.7. The van der Waals surface area contributed by atoms with E-state index in [4.69, 9.17) is 0 Å². The van der Waals surface area contributed by atoms with Crippen molar-refractivity contribution in [3.8, 4) is 5.69 Å². The summed E-state index contributed by atoms with van der Waals surface area (Å²) < 4.78 is 1.70. The van der Waals surface area contributed by atoms with Gasteiger partial charge in [0.15, 0.2) is 0 Å². The lowest BCUT2D eigenvalue weighted by Gasteiger charge is -2.29. The van der Waals surface area contributed by atoms with Crippen LogP contribution in [0, 0.1) is 19.8 Å². The summed E-state index contributed by atoms with van der Waals surface area (Å²) in [6.07, 6.45) is 2.41. The molecule has 156 valence electrons. The molecule has 0 saturated heterocycles. The van der Waals surface area contributed by atoms with Gasteiger partial charge < -0.3 is 4.90 Å². The number of tetrazole rings is 1. The standard InChI is InChI=1S/C23H27N5OS/c1-16-9-12-21(13-17(16)2)28-23(24-25-26-28)30-15-22(29)27(18(3)20-10-11-20)14-19-7-5-4-6-8-19/h4-9,12-13,18,20H,10-11,14-15H2,1-3H3/t18-/m0/s1. The van der Waals surface area contributed by atoms with Gasteiger partial charge in [0.1, 0.15) is 0 Å². The van der Waals surface area contributed by atoms with E-state index in [1.54, 1.807) is 4.68 Å².